The zero-order chi connectivity index (χ0) is 10.8. The van der Waals surface area contributed by atoms with Crippen LogP contribution in [0.1, 0.15) is 40.5 Å². The van der Waals surface area contributed by atoms with Gasteiger partial charge < -0.3 is 10.2 Å². The van der Waals surface area contributed by atoms with E-state index in [9.17, 15) is 0 Å². The molecular weight excluding hydrogens is 172 g/mol. The second-order valence-corrected chi connectivity index (χ2v) is 5.60. The largest absolute Gasteiger partial charge is 0.309 e. The van der Waals surface area contributed by atoms with E-state index in [0.717, 1.165) is 6.04 Å². The summed E-state index contributed by atoms with van der Waals surface area (Å²) in [5.74, 6) is 0.696. The summed E-state index contributed by atoms with van der Waals surface area (Å²) in [5.41, 5.74) is 0.278. The third-order valence-corrected chi connectivity index (χ3v) is 3.74. The summed E-state index contributed by atoms with van der Waals surface area (Å²) >= 11 is 0. The van der Waals surface area contributed by atoms with Crippen molar-refractivity contribution in [1.29, 1.82) is 0 Å². The molecule has 0 bridgehead atoms. The molecule has 0 unspecified atom stereocenters. The molecule has 1 heterocycles. The number of likely N-dealkylation sites (tertiary alicyclic amines) is 1. The normalized spacial score (nSPS) is 21.9. The number of piperidine rings is 1. The predicted octanol–water partition coefficient (Wildman–Crippen LogP) is 2.10. The van der Waals surface area contributed by atoms with Crippen LogP contribution in [0.25, 0.3) is 0 Å². The van der Waals surface area contributed by atoms with Crippen molar-refractivity contribution in [3.8, 4) is 0 Å². The van der Waals surface area contributed by atoms with Crippen LogP contribution in [0.2, 0.25) is 0 Å². The summed E-state index contributed by atoms with van der Waals surface area (Å²) in [6, 6.07) is 0.726. The molecule has 1 fully saturated rings. The Kier molecular flexibility index (Phi) is 3.96. The van der Waals surface area contributed by atoms with Crippen molar-refractivity contribution < 1.29 is 0 Å². The van der Waals surface area contributed by atoms with Crippen molar-refractivity contribution in [2.45, 2.75) is 52.1 Å². The van der Waals surface area contributed by atoms with Crippen LogP contribution in [0.5, 0.6) is 0 Å². The molecular formula is C12H26N2. The highest BCUT2D eigenvalue weighted by Gasteiger charge is 2.26. The van der Waals surface area contributed by atoms with Gasteiger partial charge >= 0.3 is 0 Å². The van der Waals surface area contributed by atoms with Crippen LogP contribution in [-0.2, 0) is 0 Å². The maximum Gasteiger partial charge on any atom is 0.0150 e. The molecule has 2 nitrogen and oxygen atoms in total. The molecule has 0 spiro atoms. The smallest absolute Gasteiger partial charge is 0.0150 e. The van der Waals surface area contributed by atoms with E-state index in [1.807, 2.05) is 0 Å². The molecule has 0 aromatic carbocycles. The average molecular weight is 198 g/mol. The van der Waals surface area contributed by atoms with Crippen LogP contribution < -0.4 is 5.32 Å². The van der Waals surface area contributed by atoms with Crippen LogP contribution in [0.4, 0.5) is 0 Å². The summed E-state index contributed by atoms with van der Waals surface area (Å²) in [6.07, 6.45) is 2.60. The number of hydrogen-bond donors (Lipinski definition) is 1. The topological polar surface area (TPSA) is 15.3 Å². The lowest BCUT2D eigenvalue weighted by Crippen LogP contribution is -2.52. The zero-order valence-corrected chi connectivity index (χ0v) is 10.4. The van der Waals surface area contributed by atoms with E-state index in [1.165, 1.54) is 25.9 Å². The SMILES string of the molecule is CC(C)C(C)(C)NC1CCN(C)CC1. The molecule has 0 aromatic heterocycles. The van der Waals surface area contributed by atoms with Crippen molar-refractivity contribution in [3.63, 3.8) is 0 Å². The average Bonchev–Trinajstić information content (AvgIpc) is 2.08. The minimum Gasteiger partial charge on any atom is -0.309 e. The van der Waals surface area contributed by atoms with Crippen molar-refractivity contribution in [3.05, 3.63) is 0 Å². The van der Waals surface area contributed by atoms with Gasteiger partial charge in [0.2, 0.25) is 0 Å². The first-order valence-corrected chi connectivity index (χ1v) is 5.88. The van der Waals surface area contributed by atoms with E-state index in [-0.39, 0.29) is 5.54 Å². The van der Waals surface area contributed by atoms with E-state index in [4.69, 9.17) is 0 Å². The summed E-state index contributed by atoms with van der Waals surface area (Å²) in [6.45, 7) is 11.7. The van der Waals surface area contributed by atoms with Gasteiger partial charge in [-0.3, -0.25) is 0 Å². The highest BCUT2D eigenvalue weighted by Crippen LogP contribution is 2.19. The Bertz CT molecular complexity index is 167. The summed E-state index contributed by atoms with van der Waals surface area (Å²) < 4.78 is 0. The first-order valence-electron chi connectivity index (χ1n) is 5.88. The van der Waals surface area contributed by atoms with Crippen molar-refractivity contribution in [1.82, 2.24) is 10.2 Å². The fourth-order valence-corrected chi connectivity index (χ4v) is 1.85. The Labute approximate surface area is 89.1 Å². The lowest BCUT2D eigenvalue weighted by Gasteiger charge is -2.38. The second kappa shape index (κ2) is 4.63. The van der Waals surface area contributed by atoms with Gasteiger partial charge in [-0.1, -0.05) is 13.8 Å². The molecule has 0 aromatic rings. The van der Waals surface area contributed by atoms with Crippen LogP contribution >= 0.6 is 0 Å². The minimum absolute atomic E-state index is 0.278. The maximum absolute atomic E-state index is 3.79. The molecule has 0 radical (unpaired) electrons. The monoisotopic (exact) mass is 198 g/mol. The van der Waals surface area contributed by atoms with Gasteiger partial charge in [0, 0.05) is 11.6 Å². The molecule has 1 N–H and O–H groups in total. The first-order chi connectivity index (χ1) is 6.42. The van der Waals surface area contributed by atoms with Crippen molar-refractivity contribution >= 4 is 0 Å². The summed E-state index contributed by atoms with van der Waals surface area (Å²) in [4.78, 5) is 2.42. The molecule has 0 atom stereocenters. The standard InChI is InChI=1S/C12H26N2/c1-10(2)12(3,4)13-11-6-8-14(5)9-7-11/h10-11,13H,6-9H2,1-5H3. The van der Waals surface area contributed by atoms with E-state index in [1.54, 1.807) is 0 Å². The van der Waals surface area contributed by atoms with E-state index >= 15 is 0 Å². The molecule has 0 amide bonds. The molecule has 1 aliphatic rings. The van der Waals surface area contributed by atoms with Gasteiger partial charge in [-0.05, 0) is 52.7 Å². The summed E-state index contributed by atoms with van der Waals surface area (Å²) in [7, 11) is 2.21. The molecule has 0 saturated carbocycles. The Balaban J connectivity index is 2.37. The third kappa shape index (κ3) is 3.25. The summed E-state index contributed by atoms with van der Waals surface area (Å²) in [5, 5.41) is 3.79. The zero-order valence-electron chi connectivity index (χ0n) is 10.4. The highest BCUT2D eigenvalue weighted by atomic mass is 15.1. The first kappa shape index (κ1) is 12.0. The van der Waals surface area contributed by atoms with Gasteiger partial charge in [-0.15, -0.1) is 0 Å². The predicted molar refractivity (Wildman–Crippen MR) is 62.6 cm³/mol. The van der Waals surface area contributed by atoms with E-state index in [2.05, 4.69) is 45.0 Å². The molecule has 0 aliphatic carbocycles. The van der Waals surface area contributed by atoms with Crippen LogP contribution in [0.15, 0.2) is 0 Å². The molecule has 14 heavy (non-hydrogen) atoms. The van der Waals surface area contributed by atoms with Crippen molar-refractivity contribution in [2.75, 3.05) is 20.1 Å². The van der Waals surface area contributed by atoms with Crippen LogP contribution in [0.3, 0.4) is 0 Å². The molecule has 84 valence electrons. The fourth-order valence-electron chi connectivity index (χ4n) is 1.85. The van der Waals surface area contributed by atoms with Crippen molar-refractivity contribution in [2.24, 2.45) is 5.92 Å². The van der Waals surface area contributed by atoms with E-state index in [0.29, 0.717) is 5.92 Å². The Hall–Kier alpha value is -0.0800. The lowest BCUT2D eigenvalue weighted by molar-refractivity contribution is 0.181. The minimum atomic E-state index is 0.278. The number of nitrogens with zero attached hydrogens (tertiary/aromatic N) is 1. The Morgan fingerprint density at radius 1 is 1.21 bits per heavy atom. The van der Waals surface area contributed by atoms with Gasteiger partial charge in [0.1, 0.15) is 0 Å². The molecule has 1 rings (SSSR count). The Morgan fingerprint density at radius 2 is 1.71 bits per heavy atom. The second-order valence-electron chi connectivity index (χ2n) is 5.60. The third-order valence-electron chi connectivity index (χ3n) is 3.74. The fraction of sp³-hybridized carbons (Fsp3) is 1.00. The van der Waals surface area contributed by atoms with Gasteiger partial charge in [0.15, 0.2) is 0 Å². The quantitative estimate of drug-likeness (QED) is 0.747. The van der Waals surface area contributed by atoms with Gasteiger partial charge in [-0.25, -0.2) is 0 Å². The molecule has 2 heteroatoms. The number of hydrogen-bond acceptors (Lipinski definition) is 2. The highest BCUT2D eigenvalue weighted by molar-refractivity contribution is 4.87. The van der Waals surface area contributed by atoms with Gasteiger partial charge in [0.05, 0.1) is 0 Å². The van der Waals surface area contributed by atoms with Crippen LogP contribution in [0, 0.1) is 5.92 Å². The Morgan fingerprint density at radius 3 is 2.14 bits per heavy atom. The van der Waals surface area contributed by atoms with Gasteiger partial charge in [0.25, 0.3) is 0 Å². The maximum atomic E-state index is 3.79. The lowest BCUT2D eigenvalue weighted by atomic mass is 9.88. The van der Waals surface area contributed by atoms with E-state index < -0.39 is 0 Å². The van der Waals surface area contributed by atoms with Crippen LogP contribution in [-0.4, -0.2) is 36.6 Å². The molecule has 1 saturated heterocycles. The molecule has 1 aliphatic heterocycles. The number of rotatable bonds is 3. The van der Waals surface area contributed by atoms with Gasteiger partial charge in [-0.2, -0.15) is 0 Å². The number of nitrogens with one attached hydrogen (secondary N) is 1.